The molecule has 8 nitrogen and oxygen atoms in total. The summed E-state index contributed by atoms with van der Waals surface area (Å²) in [6, 6.07) is 6.09. The van der Waals surface area contributed by atoms with Gasteiger partial charge in [-0.25, -0.2) is 18.6 Å². The SMILES string of the molecule is O=C(c1cc(F)ccc1F)N1CCN(c2nc(=O)n(O)c3ncccc23)CC1. The van der Waals surface area contributed by atoms with Crippen LogP contribution in [0, 0.1) is 11.6 Å². The lowest BCUT2D eigenvalue weighted by Crippen LogP contribution is -2.49. The molecule has 1 amide bonds. The molecule has 0 spiro atoms. The number of nitrogens with zero attached hydrogens (tertiary/aromatic N) is 5. The molecule has 1 N–H and O–H groups in total. The van der Waals surface area contributed by atoms with Crippen LogP contribution < -0.4 is 10.6 Å². The summed E-state index contributed by atoms with van der Waals surface area (Å²) in [5.41, 5.74) is -1.09. The number of rotatable bonds is 2. The van der Waals surface area contributed by atoms with Gasteiger partial charge in [0.25, 0.3) is 5.91 Å². The number of carbonyl (C=O) groups is 1. The quantitative estimate of drug-likeness (QED) is 0.666. The lowest BCUT2D eigenvalue weighted by atomic mass is 10.1. The minimum atomic E-state index is -0.860. The molecule has 1 fully saturated rings. The zero-order chi connectivity index (χ0) is 19.8. The number of anilines is 1. The van der Waals surface area contributed by atoms with Gasteiger partial charge in [-0.15, -0.1) is 4.73 Å². The molecule has 2 aromatic heterocycles. The first-order valence-corrected chi connectivity index (χ1v) is 8.52. The Balaban J connectivity index is 1.58. The summed E-state index contributed by atoms with van der Waals surface area (Å²) in [4.78, 5) is 35.6. The van der Waals surface area contributed by atoms with Gasteiger partial charge in [0.2, 0.25) is 0 Å². The van der Waals surface area contributed by atoms with Crippen LogP contribution in [0.25, 0.3) is 11.0 Å². The van der Waals surface area contributed by atoms with E-state index in [-0.39, 0.29) is 24.3 Å². The minimum absolute atomic E-state index is 0.0813. The van der Waals surface area contributed by atoms with Crippen molar-refractivity contribution < 1.29 is 18.8 Å². The molecular weight excluding hydrogens is 372 g/mol. The molecule has 0 bridgehead atoms. The van der Waals surface area contributed by atoms with Crippen molar-refractivity contribution in [3.05, 3.63) is 64.2 Å². The molecule has 144 valence electrons. The molecule has 3 aromatic rings. The smallest absolute Gasteiger partial charge is 0.384 e. The van der Waals surface area contributed by atoms with Gasteiger partial charge in [-0.05, 0) is 30.3 Å². The number of aromatic nitrogens is 3. The van der Waals surface area contributed by atoms with E-state index in [1.54, 1.807) is 17.0 Å². The molecule has 1 aliphatic heterocycles. The highest BCUT2D eigenvalue weighted by Gasteiger charge is 2.26. The molecule has 1 saturated heterocycles. The molecular formula is C18H15F2N5O3. The largest absolute Gasteiger partial charge is 0.422 e. The van der Waals surface area contributed by atoms with Gasteiger partial charge in [-0.2, -0.15) is 4.98 Å². The summed E-state index contributed by atoms with van der Waals surface area (Å²) in [7, 11) is 0. The molecule has 4 rings (SSSR count). The Morgan fingerprint density at radius 1 is 1.11 bits per heavy atom. The summed E-state index contributed by atoms with van der Waals surface area (Å²) < 4.78 is 27.6. The van der Waals surface area contributed by atoms with E-state index in [0.29, 0.717) is 29.0 Å². The van der Waals surface area contributed by atoms with Crippen LogP contribution in [0.1, 0.15) is 10.4 Å². The van der Waals surface area contributed by atoms with E-state index in [4.69, 9.17) is 0 Å². The van der Waals surface area contributed by atoms with Gasteiger partial charge in [0, 0.05) is 32.4 Å². The van der Waals surface area contributed by atoms with Crippen molar-refractivity contribution >= 4 is 22.8 Å². The molecule has 10 heteroatoms. The van der Waals surface area contributed by atoms with Crippen molar-refractivity contribution in [1.82, 2.24) is 19.6 Å². The van der Waals surface area contributed by atoms with Crippen LogP contribution in [0.3, 0.4) is 0 Å². The maximum absolute atomic E-state index is 13.9. The number of hydrogen-bond acceptors (Lipinski definition) is 6. The second kappa shape index (κ2) is 6.87. The van der Waals surface area contributed by atoms with E-state index in [9.17, 15) is 23.6 Å². The predicted octanol–water partition coefficient (Wildman–Crippen LogP) is 1.27. The number of hydrogen-bond donors (Lipinski definition) is 1. The first-order valence-electron chi connectivity index (χ1n) is 8.52. The molecule has 0 unspecified atom stereocenters. The first-order chi connectivity index (χ1) is 13.5. The summed E-state index contributed by atoms with van der Waals surface area (Å²) in [6.45, 7) is 1.13. The van der Waals surface area contributed by atoms with Crippen molar-refractivity contribution in [2.75, 3.05) is 31.1 Å². The van der Waals surface area contributed by atoms with Gasteiger partial charge in [-0.1, -0.05) is 0 Å². The number of piperazine rings is 1. The Labute approximate surface area is 157 Å². The summed E-state index contributed by atoms with van der Waals surface area (Å²) in [6.07, 6.45) is 1.45. The van der Waals surface area contributed by atoms with Crippen molar-refractivity contribution in [2.24, 2.45) is 0 Å². The van der Waals surface area contributed by atoms with Gasteiger partial charge in [-0.3, -0.25) is 4.79 Å². The minimum Gasteiger partial charge on any atom is -0.422 e. The highest BCUT2D eigenvalue weighted by molar-refractivity contribution is 5.95. The highest BCUT2D eigenvalue weighted by atomic mass is 19.1. The average Bonchev–Trinajstić information content (AvgIpc) is 2.72. The number of halogens is 2. The average molecular weight is 387 g/mol. The Morgan fingerprint density at radius 3 is 2.61 bits per heavy atom. The van der Waals surface area contributed by atoms with Crippen molar-refractivity contribution in [3.63, 3.8) is 0 Å². The van der Waals surface area contributed by atoms with E-state index in [2.05, 4.69) is 9.97 Å². The molecule has 0 saturated carbocycles. The molecule has 0 aliphatic carbocycles. The lowest BCUT2D eigenvalue weighted by molar-refractivity contribution is 0.0741. The third kappa shape index (κ3) is 3.02. The standard InChI is InChI=1S/C18H15F2N5O3/c19-11-3-4-14(20)13(10-11)17(26)24-8-6-23(7-9-24)16-12-2-1-5-21-15(12)25(28)18(27)22-16/h1-5,10,28H,6-9H2. The molecule has 1 aromatic carbocycles. The van der Waals surface area contributed by atoms with Gasteiger partial charge in [0.15, 0.2) is 5.65 Å². The van der Waals surface area contributed by atoms with E-state index in [1.165, 1.54) is 11.1 Å². The molecule has 0 radical (unpaired) electrons. The molecule has 28 heavy (non-hydrogen) atoms. The highest BCUT2D eigenvalue weighted by Crippen LogP contribution is 2.23. The topological polar surface area (TPSA) is 91.6 Å². The Morgan fingerprint density at radius 2 is 1.86 bits per heavy atom. The normalized spacial score (nSPS) is 14.5. The van der Waals surface area contributed by atoms with Gasteiger partial charge < -0.3 is 15.0 Å². The van der Waals surface area contributed by atoms with Crippen molar-refractivity contribution in [1.29, 1.82) is 0 Å². The number of pyridine rings is 1. The Kier molecular flexibility index (Phi) is 4.38. The zero-order valence-corrected chi connectivity index (χ0v) is 14.5. The number of amides is 1. The molecule has 3 heterocycles. The van der Waals surface area contributed by atoms with Gasteiger partial charge in [0.05, 0.1) is 10.9 Å². The lowest BCUT2D eigenvalue weighted by Gasteiger charge is -2.35. The summed E-state index contributed by atoms with van der Waals surface area (Å²) in [5.74, 6) is -1.71. The third-order valence-corrected chi connectivity index (χ3v) is 4.64. The maximum atomic E-state index is 13.9. The van der Waals surface area contributed by atoms with Crippen LogP contribution in [-0.2, 0) is 0 Å². The fraction of sp³-hybridized carbons (Fsp3) is 0.222. The second-order valence-corrected chi connectivity index (χ2v) is 6.31. The number of benzene rings is 1. The van der Waals surface area contributed by atoms with Gasteiger partial charge in [0.1, 0.15) is 17.5 Å². The van der Waals surface area contributed by atoms with E-state index < -0.39 is 23.2 Å². The fourth-order valence-electron chi connectivity index (χ4n) is 3.22. The van der Waals surface area contributed by atoms with E-state index >= 15 is 0 Å². The maximum Gasteiger partial charge on any atom is 0.384 e. The number of fused-ring (bicyclic) bond motifs is 1. The van der Waals surface area contributed by atoms with Crippen LogP contribution in [-0.4, -0.2) is 56.9 Å². The second-order valence-electron chi connectivity index (χ2n) is 6.31. The predicted molar refractivity (Wildman–Crippen MR) is 95.5 cm³/mol. The van der Waals surface area contributed by atoms with Crippen LogP contribution in [0.15, 0.2) is 41.3 Å². The Bertz CT molecular complexity index is 1130. The van der Waals surface area contributed by atoms with Crippen LogP contribution >= 0.6 is 0 Å². The van der Waals surface area contributed by atoms with E-state index in [1.807, 2.05) is 0 Å². The summed E-state index contributed by atoms with van der Waals surface area (Å²) >= 11 is 0. The summed E-state index contributed by atoms with van der Waals surface area (Å²) in [5, 5.41) is 10.3. The Hall–Kier alpha value is -3.56. The molecule has 1 aliphatic rings. The van der Waals surface area contributed by atoms with Gasteiger partial charge >= 0.3 is 5.69 Å². The third-order valence-electron chi connectivity index (χ3n) is 4.64. The molecule has 0 atom stereocenters. The number of carbonyl (C=O) groups excluding carboxylic acids is 1. The van der Waals surface area contributed by atoms with Crippen LogP contribution in [0.5, 0.6) is 0 Å². The first kappa shape index (κ1) is 17.8. The monoisotopic (exact) mass is 387 g/mol. The van der Waals surface area contributed by atoms with Crippen molar-refractivity contribution in [3.8, 4) is 0 Å². The van der Waals surface area contributed by atoms with Crippen LogP contribution in [0.2, 0.25) is 0 Å². The zero-order valence-electron chi connectivity index (χ0n) is 14.5. The van der Waals surface area contributed by atoms with Crippen molar-refractivity contribution in [2.45, 2.75) is 0 Å². The van der Waals surface area contributed by atoms with E-state index in [0.717, 1.165) is 18.2 Å². The van der Waals surface area contributed by atoms with Crippen LogP contribution in [0.4, 0.5) is 14.6 Å². The fourth-order valence-corrected chi connectivity index (χ4v) is 3.22.